The van der Waals surface area contributed by atoms with Gasteiger partial charge in [0.05, 0.1) is 20.8 Å². The lowest BCUT2D eigenvalue weighted by Crippen LogP contribution is -2.56. The summed E-state index contributed by atoms with van der Waals surface area (Å²) in [5.74, 6) is 0. The van der Waals surface area contributed by atoms with Crippen molar-refractivity contribution in [2.75, 3.05) is 0 Å². The minimum Gasteiger partial charge on any atom is -0.376 e. The molecular weight excluding hydrogens is 648 g/mol. The molecule has 80 valence electrons. The van der Waals surface area contributed by atoms with Crippen LogP contribution in [0.3, 0.4) is 0 Å². The number of halogens is 6. The Balaban J connectivity index is 4.58. The zero-order valence-corrected chi connectivity index (χ0v) is 23.8. The van der Waals surface area contributed by atoms with E-state index in [1.54, 1.807) is 0 Å². The Hall–Kier alpha value is 3.88. The molecule has 2 nitrogen and oxygen atoms in total. The first-order valence-corrected chi connectivity index (χ1v) is 23.6. The molecular formula is H8Br6N2Si5. The third-order valence-corrected chi connectivity index (χ3v) is 32.4. The molecule has 0 bridgehead atoms. The molecule has 0 aliphatic heterocycles. The fourth-order valence-electron chi connectivity index (χ4n) is 0.587. The van der Waals surface area contributed by atoms with Gasteiger partial charge in [0.25, 0.3) is 0 Å². The number of nitrogens with zero attached hydrogens (tertiary/aromatic N) is 2. The predicted molar refractivity (Wildman–Crippen MR) is 97.2 cm³/mol. The van der Waals surface area contributed by atoms with Gasteiger partial charge in [-0.05, 0) is 0 Å². The summed E-state index contributed by atoms with van der Waals surface area (Å²) in [5.41, 5.74) is 0. The summed E-state index contributed by atoms with van der Waals surface area (Å²) in [5, 5.41) is 0. The zero-order chi connectivity index (χ0) is 10.9. The molecule has 0 aromatic carbocycles. The summed E-state index contributed by atoms with van der Waals surface area (Å²) < 4.78 is 1.55. The normalized spacial score (nSPS) is 15.7. The van der Waals surface area contributed by atoms with Crippen molar-refractivity contribution in [2.45, 2.75) is 0 Å². The quantitative estimate of drug-likeness (QED) is 0.320. The summed E-state index contributed by atoms with van der Waals surface area (Å²) >= 11 is 22.1. The minimum atomic E-state index is -1.73. The maximum absolute atomic E-state index is 3.69. The second-order valence-electron chi connectivity index (χ2n) is 2.58. The number of hydrogen-bond acceptors (Lipinski definition) is 2. The Morgan fingerprint density at radius 2 is 1.15 bits per heavy atom. The minimum absolute atomic E-state index is 0.316. The molecule has 13 heteroatoms. The van der Waals surface area contributed by atoms with Crippen molar-refractivity contribution in [1.82, 2.24) is 7.79 Å². The third kappa shape index (κ3) is 7.74. The van der Waals surface area contributed by atoms with Crippen molar-refractivity contribution in [3.8, 4) is 0 Å². The first kappa shape index (κ1) is 16.9. The summed E-state index contributed by atoms with van der Waals surface area (Å²) in [6, 6.07) is 0. The van der Waals surface area contributed by atoms with Crippen molar-refractivity contribution in [2.24, 2.45) is 0 Å². The third-order valence-electron chi connectivity index (χ3n) is 1.04. The van der Waals surface area contributed by atoms with Crippen LogP contribution in [0.1, 0.15) is 0 Å². The average Bonchev–Trinajstić information content (AvgIpc) is 1.77. The van der Waals surface area contributed by atoms with Gasteiger partial charge in [-0.2, -0.15) is 0 Å². The Morgan fingerprint density at radius 1 is 0.846 bits per heavy atom. The van der Waals surface area contributed by atoms with Gasteiger partial charge in [-0.25, -0.2) is 0 Å². The monoisotopic (exact) mass is 649 g/mol. The standard InChI is InChI=1S/Br6H8N2Si5/c1-12(2,3)8(11-7(9)10)13(4,5)6/h11H2,9-10H3. The van der Waals surface area contributed by atoms with E-state index in [1.807, 2.05) is 0 Å². The van der Waals surface area contributed by atoms with E-state index in [9.17, 15) is 0 Å². The molecule has 0 N–H and O–H groups in total. The Kier molecular flexibility index (Phi) is 8.73. The van der Waals surface area contributed by atoms with Crippen LogP contribution in [-0.4, -0.2) is 46.6 Å². The first-order chi connectivity index (χ1) is 5.55. The smallest absolute Gasteiger partial charge is 0.334 e. The molecule has 0 aliphatic carbocycles. The van der Waals surface area contributed by atoms with Crippen LogP contribution in [-0.2, 0) is 0 Å². The highest BCUT2D eigenvalue weighted by molar-refractivity contribution is 9.74. The van der Waals surface area contributed by atoms with Crippen LogP contribution in [0.4, 0.5) is 0 Å². The fraction of sp³-hybridized carbons (Fsp3) is 0. The van der Waals surface area contributed by atoms with Crippen molar-refractivity contribution >= 4 is 131 Å². The van der Waals surface area contributed by atoms with E-state index >= 15 is 0 Å². The second kappa shape index (κ2) is 6.72. The van der Waals surface area contributed by atoms with Gasteiger partial charge < -0.3 is 7.79 Å². The van der Waals surface area contributed by atoms with Crippen LogP contribution in [0, 0.1) is 0 Å². The summed E-state index contributed by atoms with van der Waals surface area (Å²) in [7, 11) is 2.02. The van der Waals surface area contributed by atoms with Gasteiger partial charge in [0.2, 0.25) is 0 Å². The van der Waals surface area contributed by atoms with Crippen molar-refractivity contribution in [3.63, 3.8) is 0 Å². The molecule has 0 fully saturated rings. The molecule has 0 saturated heterocycles. The largest absolute Gasteiger partial charge is 0.376 e. The zero-order valence-electron chi connectivity index (χ0n) is 6.87. The lowest BCUT2D eigenvalue weighted by Gasteiger charge is -2.36. The van der Waals surface area contributed by atoms with Crippen molar-refractivity contribution in [1.29, 1.82) is 0 Å². The SMILES string of the molecule is [SiH3]N([SiH3])[SiH2]N([Si](Br)(Br)Br)[Si](Br)(Br)Br. The first-order valence-electron chi connectivity index (χ1n) is 3.11. The van der Waals surface area contributed by atoms with E-state index < -0.39 is 8.19 Å². The molecule has 0 aromatic rings. The summed E-state index contributed by atoms with van der Waals surface area (Å²) in [4.78, 5) is 0. The van der Waals surface area contributed by atoms with Gasteiger partial charge in [0.15, 0.2) is 0 Å². The Morgan fingerprint density at radius 3 is 1.23 bits per heavy atom. The van der Waals surface area contributed by atoms with Crippen LogP contribution in [0.2, 0.25) is 0 Å². The average molecular weight is 656 g/mol. The van der Waals surface area contributed by atoms with Gasteiger partial charge in [-0.3, -0.25) is 0 Å². The molecule has 0 amide bonds. The lowest BCUT2D eigenvalue weighted by molar-refractivity contribution is 0.983. The van der Waals surface area contributed by atoms with Crippen molar-refractivity contribution < 1.29 is 0 Å². The van der Waals surface area contributed by atoms with Gasteiger partial charge >= 0.3 is 8.19 Å². The van der Waals surface area contributed by atoms with Gasteiger partial charge in [0.1, 0.15) is 9.84 Å². The predicted octanol–water partition coefficient (Wildman–Crippen LogP) is 0.391. The molecule has 0 radical (unpaired) electrons. The highest BCUT2D eigenvalue weighted by atomic mass is 80.0. The molecule has 0 saturated carbocycles. The molecule has 0 spiro atoms. The molecule has 13 heavy (non-hydrogen) atoms. The molecule has 0 unspecified atom stereocenters. The van der Waals surface area contributed by atoms with E-state index in [4.69, 9.17) is 0 Å². The van der Waals surface area contributed by atoms with Crippen LogP contribution in [0.15, 0.2) is 0 Å². The van der Waals surface area contributed by atoms with Crippen LogP contribution >= 0.6 is 91.8 Å². The second-order valence-corrected chi connectivity index (χ2v) is 56.6. The molecule has 0 aromatic heterocycles. The van der Waals surface area contributed by atoms with Crippen molar-refractivity contribution in [3.05, 3.63) is 0 Å². The van der Waals surface area contributed by atoms with Gasteiger partial charge in [-0.1, -0.05) is 91.8 Å². The number of hydrogen-bond donors (Lipinski definition) is 0. The maximum Gasteiger partial charge on any atom is 0.334 e. The molecule has 0 aliphatic rings. The van der Waals surface area contributed by atoms with Gasteiger partial charge in [0, 0.05) is 0 Å². The summed E-state index contributed by atoms with van der Waals surface area (Å²) in [6.07, 6.45) is 0. The van der Waals surface area contributed by atoms with Crippen LogP contribution in [0.25, 0.3) is 0 Å². The van der Waals surface area contributed by atoms with E-state index in [0.29, 0.717) is 0 Å². The highest BCUT2D eigenvalue weighted by Gasteiger charge is 2.45. The highest BCUT2D eigenvalue weighted by Crippen LogP contribution is 2.42. The molecule has 0 heterocycles. The summed E-state index contributed by atoms with van der Waals surface area (Å²) in [6.45, 7) is 0. The molecule has 0 rings (SSSR count). The van der Waals surface area contributed by atoms with E-state index in [-0.39, 0.29) is 9.84 Å². The number of rotatable bonds is 4. The Labute approximate surface area is 136 Å². The van der Waals surface area contributed by atoms with E-state index in [2.05, 4.69) is 99.5 Å². The maximum atomic E-state index is 3.69. The Bertz CT molecular complexity index is 145. The van der Waals surface area contributed by atoms with Crippen LogP contribution < -0.4 is 0 Å². The van der Waals surface area contributed by atoms with Gasteiger partial charge in [-0.15, -0.1) is 0 Å². The topological polar surface area (TPSA) is 6.48 Å². The van der Waals surface area contributed by atoms with Crippen LogP contribution in [0.5, 0.6) is 0 Å². The van der Waals surface area contributed by atoms with E-state index in [0.717, 1.165) is 0 Å². The fourth-order valence-corrected chi connectivity index (χ4v) is 50.1. The lowest BCUT2D eigenvalue weighted by atomic mass is 13.7. The molecule has 0 atom stereocenters. The van der Waals surface area contributed by atoms with E-state index in [1.165, 1.54) is 20.8 Å².